The average molecular weight is 290 g/mol. The van der Waals surface area contributed by atoms with Crippen molar-refractivity contribution in [3.8, 4) is 0 Å². The molecule has 0 aromatic heterocycles. The number of hydrogen-bond acceptors (Lipinski definition) is 6. The maximum Gasteiger partial charge on any atom is 0.338 e. The van der Waals surface area contributed by atoms with E-state index in [0.29, 0.717) is 5.56 Å². The van der Waals surface area contributed by atoms with Crippen LogP contribution in [0.5, 0.6) is 0 Å². The van der Waals surface area contributed by atoms with Crippen molar-refractivity contribution in [2.75, 3.05) is 0 Å². The number of hydrogen-bond donors (Lipinski definition) is 2. The van der Waals surface area contributed by atoms with Crippen molar-refractivity contribution < 1.29 is 19.8 Å². The molecule has 0 radical (unpaired) electrons. The quantitative estimate of drug-likeness (QED) is 0.220. The Labute approximate surface area is 120 Å². The summed E-state index contributed by atoms with van der Waals surface area (Å²) in [6.45, 7) is 0. The van der Waals surface area contributed by atoms with Crippen LogP contribution in [0.25, 0.3) is 10.4 Å². The van der Waals surface area contributed by atoms with Gasteiger partial charge in [0.15, 0.2) is 6.10 Å². The lowest BCUT2D eigenvalue weighted by Crippen LogP contribution is -2.45. The number of benzene rings is 1. The molecule has 1 aliphatic carbocycles. The third kappa shape index (κ3) is 3.50. The Morgan fingerprint density at radius 3 is 2.71 bits per heavy atom. The monoisotopic (exact) mass is 290 g/mol. The number of aliphatic hydroxyl groups excluding tert-OH is 1. The molecule has 2 N–H and O–H groups in total. The van der Waals surface area contributed by atoms with E-state index in [4.69, 9.17) is 15.5 Å². The molecule has 1 aliphatic rings. The zero-order valence-electron chi connectivity index (χ0n) is 11.0. The molecule has 1 aromatic rings. The molecule has 0 aliphatic heterocycles. The van der Waals surface area contributed by atoms with Gasteiger partial charge in [-0.15, -0.1) is 0 Å². The third-order valence-corrected chi connectivity index (χ3v) is 3.21. The molecule has 0 spiro atoms. The molecule has 110 valence electrons. The summed E-state index contributed by atoms with van der Waals surface area (Å²) in [5.41, 5.74) is 8.98. The fourth-order valence-electron chi connectivity index (χ4n) is 2.24. The summed E-state index contributed by atoms with van der Waals surface area (Å²) in [7, 11) is 0. The van der Waals surface area contributed by atoms with E-state index in [1.165, 1.54) is 0 Å². The van der Waals surface area contributed by atoms with Crippen LogP contribution in [0.2, 0.25) is 0 Å². The van der Waals surface area contributed by atoms with E-state index in [9.17, 15) is 9.90 Å². The highest BCUT2D eigenvalue weighted by molar-refractivity contribution is 5.95. The Morgan fingerprint density at radius 2 is 2.10 bits per heavy atom. The first-order chi connectivity index (χ1) is 10.2. The summed E-state index contributed by atoms with van der Waals surface area (Å²) in [6, 6.07) is 7.49. The number of rotatable bonds is 3. The lowest BCUT2D eigenvalue weighted by Gasteiger charge is -2.31. The number of ether oxygens (including phenoxy) is 1. The van der Waals surface area contributed by atoms with E-state index in [1.807, 2.05) is 0 Å². The van der Waals surface area contributed by atoms with E-state index in [2.05, 4.69) is 15.2 Å². The average Bonchev–Trinajstić information content (AvgIpc) is 2.50. The molecule has 1 aromatic carbocycles. The molecule has 1 fully saturated rings. The fraction of sp³-hybridized carbons (Fsp3) is 0.385. The Morgan fingerprint density at radius 1 is 1.38 bits per heavy atom. The molecule has 1 saturated carbocycles. The highest BCUT2D eigenvalue weighted by atomic mass is 16.5. The molecular formula is C13H14N4O4. The topological polar surface area (TPSA) is 128 Å². The van der Waals surface area contributed by atoms with Gasteiger partial charge in [-0.3, -0.25) is 0 Å². The zero-order valence-corrected chi connectivity index (χ0v) is 11.0. The lowest BCUT2D eigenvalue weighted by molar-refractivity contribution is 0.0275. The van der Waals surface area contributed by atoms with Crippen molar-refractivity contribution in [1.82, 2.24) is 0 Å². The summed E-state index contributed by atoms with van der Waals surface area (Å²) >= 11 is 0. The number of oxime groups is 1. The van der Waals surface area contributed by atoms with Crippen molar-refractivity contribution in [1.29, 1.82) is 0 Å². The molecule has 0 saturated heterocycles. The van der Waals surface area contributed by atoms with Gasteiger partial charge in [-0.25, -0.2) is 4.79 Å². The van der Waals surface area contributed by atoms with Crippen molar-refractivity contribution >= 4 is 11.7 Å². The summed E-state index contributed by atoms with van der Waals surface area (Å²) in [5.74, 6) is -0.615. The Kier molecular flexibility index (Phi) is 4.76. The van der Waals surface area contributed by atoms with Crippen LogP contribution in [0.1, 0.15) is 23.2 Å². The predicted molar refractivity (Wildman–Crippen MR) is 73.0 cm³/mol. The number of nitrogens with zero attached hydrogens (tertiary/aromatic N) is 4. The second kappa shape index (κ2) is 6.74. The first kappa shape index (κ1) is 14.8. The summed E-state index contributed by atoms with van der Waals surface area (Å²) < 4.78 is 5.29. The van der Waals surface area contributed by atoms with Gasteiger partial charge in [0.05, 0.1) is 17.7 Å². The lowest BCUT2D eigenvalue weighted by atomic mass is 9.89. The molecule has 0 heterocycles. The maximum absolute atomic E-state index is 12.0. The number of carbonyl (C=O) groups excluding carboxylic acids is 1. The van der Waals surface area contributed by atoms with E-state index in [0.717, 1.165) is 0 Å². The first-order valence-corrected chi connectivity index (χ1v) is 6.34. The molecular weight excluding hydrogens is 276 g/mol. The third-order valence-electron chi connectivity index (χ3n) is 3.21. The van der Waals surface area contributed by atoms with Gasteiger partial charge in [0, 0.05) is 11.3 Å². The van der Waals surface area contributed by atoms with Crippen LogP contribution in [0.15, 0.2) is 40.6 Å². The van der Waals surface area contributed by atoms with Gasteiger partial charge in [0.25, 0.3) is 0 Å². The van der Waals surface area contributed by atoms with E-state index in [1.54, 1.807) is 30.3 Å². The van der Waals surface area contributed by atoms with Crippen LogP contribution in [0.3, 0.4) is 0 Å². The molecule has 21 heavy (non-hydrogen) atoms. The minimum absolute atomic E-state index is 0.0562. The molecule has 8 heteroatoms. The van der Waals surface area contributed by atoms with Crippen LogP contribution in [-0.2, 0) is 4.74 Å². The van der Waals surface area contributed by atoms with Gasteiger partial charge >= 0.3 is 5.97 Å². The molecule has 0 bridgehead atoms. The predicted octanol–water partition coefficient (Wildman–Crippen LogP) is 1.88. The van der Waals surface area contributed by atoms with Gasteiger partial charge in [-0.1, -0.05) is 28.5 Å². The molecule has 3 atom stereocenters. The SMILES string of the molecule is [N-]=[N+]=NC1C[C@@H](O)C/C(=N\O)[C@H]1OC(=O)c1ccccc1. The summed E-state index contributed by atoms with van der Waals surface area (Å²) in [5, 5.41) is 25.2. The second-order valence-electron chi connectivity index (χ2n) is 4.65. The van der Waals surface area contributed by atoms with Gasteiger partial charge < -0.3 is 15.1 Å². The minimum Gasteiger partial charge on any atom is -0.452 e. The zero-order chi connectivity index (χ0) is 15.2. The first-order valence-electron chi connectivity index (χ1n) is 6.34. The summed E-state index contributed by atoms with van der Waals surface area (Å²) in [4.78, 5) is 14.7. The van der Waals surface area contributed by atoms with Gasteiger partial charge in [0.2, 0.25) is 0 Å². The number of aliphatic hydroxyl groups is 1. The van der Waals surface area contributed by atoms with Crippen LogP contribution in [0, 0.1) is 0 Å². The van der Waals surface area contributed by atoms with Crippen LogP contribution in [0.4, 0.5) is 0 Å². The Bertz CT molecular complexity index is 583. The van der Waals surface area contributed by atoms with Gasteiger partial charge in [-0.2, -0.15) is 0 Å². The fourth-order valence-corrected chi connectivity index (χ4v) is 2.24. The van der Waals surface area contributed by atoms with E-state index < -0.39 is 24.2 Å². The molecule has 1 unspecified atom stereocenters. The Hall–Kier alpha value is -2.57. The van der Waals surface area contributed by atoms with Crippen LogP contribution < -0.4 is 0 Å². The number of carbonyl (C=O) groups is 1. The van der Waals surface area contributed by atoms with Crippen molar-refractivity contribution in [3.63, 3.8) is 0 Å². The van der Waals surface area contributed by atoms with Crippen molar-refractivity contribution in [2.24, 2.45) is 10.3 Å². The van der Waals surface area contributed by atoms with E-state index in [-0.39, 0.29) is 18.6 Å². The molecule has 0 amide bonds. The smallest absolute Gasteiger partial charge is 0.338 e. The van der Waals surface area contributed by atoms with Gasteiger partial charge in [-0.05, 0) is 24.1 Å². The second-order valence-corrected chi connectivity index (χ2v) is 4.65. The van der Waals surface area contributed by atoms with E-state index >= 15 is 0 Å². The van der Waals surface area contributed by atoms with Crippen LogP contribution >= 0.6 is 0 Å². The normalized spacial score (nSPS) is 26.9. The Balaban J connectivity index is 2.21. The highest BCUT2D eigenvalue weighted by Gasteiger charge is 2.37. The highest BCUT2D eigenvalue weighted by Crippen LogP contribution is 2.24. The largest absolute Gasteiger partial charge is 0.452 e. The van der Waals surface area contributed by atoms with Gasteiger partial charge in [0.1, 0.15) is 5.71 Å². The summed E-state index contributed by atoms with van der Waals surface area (Å²) in [6.07, 6.45) is -1.60. The molecule has 2 rings (SSSR count). The molecule has 8 nitrogen and oxygen atoms in total. The van der Waals surface area contributed by atoms with Crippen molar-refractivity contribution in [3.05, 3.63) is 46.3 Å². The minimum atomic E-state index is -0.984. The van der Waals surface area contributed by atoms with Crippen LogP contribution in [-0.4, -0.2) is 40.2 Å². The number of azide groups is 1. The standard InChI is InChI=1S/C13H14N4O4/c14-17-15-10-6-9(18)7-11(16-20)12(10)21-13(19)8-4-2-1-3-5-8/h1-5,9-10,12,18,20H,6-7H2/b16-11+/t9-,10?,12+/m1/s1. The number of esters is 1. The van der Waals surface area contributed by atoms with Crippen molar-refractivity contribution in [2.45, 2.75) is 31.1 Å². The maximum atomic E-state index is 12.0.